The first-order valence-corrected chi connectivity index (χ1v) is 10.3. The lowest BCUT2D eigenvalue weighted by Gasteiger charge is -2.17. The molecule has 2 aromatic carbocycles. The minimum atomic E-state index is -1.18. The molecule has 1 unspecified atom stereocenters. The number of benzene rings is 2. The van der Waals surface area contributed by atoms with Crippen LogP contribution in [0.25, 0.3) is 0 Å². The van der Waals surface area contributed by atoms with Gasteiger partial charge in [-0.1, -0.05) is 50.6 Å². The first kappa shape index (κ1) is 23.6. The van der Waals surface area contributed by atoms with Crippen LogP contribution in [0.4, 0.5) is 5.69 Å². The second-order valence-corrected chi connectivity index (χ2v) is 7.13. The quantitative estimate of drug-likeness (QED) is 0.614. The third kappa shape index (κ3) is 6.40. The molecule has 2 amide bonds. The van der Waals surface area contributed by atoms with E-state index < -0.39 is 11.9 Å². The van der Waals surface area contributed by atoms with Crippen molar-refractivity contribution in [3.63, 3.8) is 0 Å². The highest BCUT2D eigenvalue weighted by Gasteiger charge is 2.17. The fraction of sp³-hybridized carbons (Fsp3) is 0.240. The van der Waals surface area contributed by atoms with Crippen LogP contribution in [-0.4, -0.2) is 22.9 Å². The molecule has 0 aromatic heterocycles. The number of hydrogen-bond donors (Lipinski definition) is 3. The summed E-state index contributed by atoms with van der Waals surface area (Å²) in [5.41, 5.74) is 2.72. The molecule has 0 spiro atoms. The van der Waals surface area contributed by atoms with Crippen molar-refractivity contribution in [1.82, 2.24) is 5.32 Å². The molecule has 0 fully saturated rings. The maximum atomic E-state index is 12.6. The van der Waals surface area contributed by atoms with E-state index in [4.69, 9.17) is 0 Å². The number of hydrogen-bond acceptors (Lipinski definition) is 3. The molecule has 31 heavy (non-hydrogen) atoms. The minimum absolute atomic E-state index is 0.0526. The summed E-state index contributed by atoms with van der Waals surface area (Å²) < 4.78 is 0. The van der Waals surface area contributed by atoms with Crippen LogP contribution >= 0.6 is 0 Å². The van der Waals surface area contributed by atoms with Crippen molar-refractivity contribution in [3.05, 3.63) is 88.6 Å². The van der Waals surface area contributed by atoms with Crippen LogP contribution in [0.2, 0.25) is 0 Å². The molecule has 3 rings (SSSR count). The maximum absolute atomic E-state index is 12.6. The molecule has 0 heterocycles. The first-order valence-electron chi connectivity index (χ1n) is 10.3. The van der Waals surface area contributed by atoms with E-state index in [2.05, 4.69) is 17.6 Å². The first-order chi connectivity index (χ1) is 14.8. The van der Waals surface area contributed by atoms with Gasteiger partial charge in [0.05, 0.1) is 11.1 Å². The van der Waals surface area contributed by atoms with Gasteiger partial charge >= 0.3 is 5.97 Å². The van der Waals surface area contributed by atoms with Crippen molar-refractivity contribution >= 4 is 23.5 Å². The van der Waals surface area contributed by atoms with Crippen LogP contribution in [0, 0.1) is 5.92 Å². The highest BCUT2D eigenvalue weighted by molar-refractivity contribution is 6.11. The Hall–Kier alpha value is -3.67. The van der Waals surface area contributed by atoms with Crippen molar-refractivity contribution in [2.75, 3.05) is 5.32 Å². The molecule has 0 saturated heterocycles. The van der Waals surface area contributed by atoms with Gasteiger partial charge in [0.1, 0.15) is 0 Å². The molecule has 6 heteroatoms. The molecule has 162 valence electrons. The van der Waals surface area contributed by atoms with Gasteiger partial charge in [-0.15, -0.1) is 0 Å². The van der Waals surface area contributed by atoms with E-state index in [1.807, 2.05) is 32.9 Å². The number of aromatic carboxylic acids is 1. The summed E-state index contributed by atoms with van der Waals surface area (Å²) in [6, 6.07) is 12.5. The Bertz CT molecular complexity index is 1040. The van der Waals surface area contributed by atoms with E-state index in [1.54, 1.807) is 36.4 Å². The van der Waals surface area contributed by atoms with Crippen LogP contribution in [0.1, 0.15) is 65.2 Å². The fourth-order valence-electron chi connectivity index (χ4n) is 3.33. The lowest BCUT2D eigenvalue weighted by molar-refractivity contribution is 0.0692. The number of carbonyl (C=O) groups excluding carboxylic acids is 2. The van der Waals surface area contributed by atoms with Crippen molar-refractivity contribution in [1.29, 1.82) is 0 Å². The number of rotatable bonds is 5. The van der Waals surface area contributed by atoms with Crippen molar-refractivity contribution in [2.45, 2.75) is 34.1 Å². The van der Waals surface area contributed by atoms with E-state index >= 15 is 0 Å². The van der Waals surface area contributed by atoms with Gasteiger partial charge in [0, 0.05) is 16.9 Å². The number of nitrogens with one attached hydrogen (secondary N) is 2. The molecule has 0 bridgehead atoms. The topological polar surface area (TPSA) is 95.5 Å². The summed E-state index contributed by atoms with van der Waals surface area (Å²) in [5.74, 6) is -1.66. The van der Waals surface area contributed by atoms with E-state index in [0.29, 0.717) is 17.2 Å². The molecule has 0 aliphatic heterocycles. The van der Waals surface area contributed by atoms with Crippen LogP contribution in [-0.2, 0) is 0 Å². The monoisotopic (exact) mass is 420 g/mol. The number of amides is 2. The zero-order chi connectivity index (χ0) is 23.0. The van der Waals surface area contributed by atoms with Gasteiger partial charge in [-0.25, -0.2) is 4.79 Å². The third-order valence-electron chi connectivity index (χ3n) is 4.55. The number of carbonyl (C=O) groups is 3. The van der Waals surface area contributed by atoms with Gasteiger partial charge in [-0.3, -0.25) is 9.59 Å². The molecule has 6 nitrogen and oxygen atoms in total. The third-order valence-corrected chi connectivity index (χ3v) is 4.55. The SMILES string of the molecule is CC.CC1=CC(NC(=O)c2cccc(NC(=O)c3ccccc3C(=O)O)c2)=CC(C)C1. The average Bonchev–Trinajstić information content (AvgIpc) is 2.74. The predicted molar refractivity (Wildman–Crippen MR) is 122 cm³/mol. The molecular weight excluding hydrogens is 392 g/mol. The predicted octanol–water partition coefficient (Wildman–Crippen LogP) is 5.26. The summed E-state index contributed by atoms with van der Waals surface area (Å²) >= 11 is 0. The Balaban J connectivity index is 0.00000166. The second kappa shape index (κ2) is 10.9. The zero-order valence-corrected chi connectivity index (χ0v) is 18.2. The Morgan fingerprint density at radius 1 is 0.935 bits per heavy atom. The van der Waals surface area contributed by atoms with Crippen molar-refractivity contribution < 1.29 is 19.5 Å². The van der Waals surface area contributed by atoms with Gasteiger partial charge in [0.15, 0.2) is 0 Å². The van der Waals surface area contributed by atoms with E-state index in [1.165, 1.54) is 17.7 Å². The van der Waals surface area contributed by atoms with Gasteiger partial charge in [-0.2, -0.15) is 0 Å². The van der Waals surface area contributed by atoms with Gasteiger partial charge in [0.25, 0.3) is 11.8 Å². The number of carboxylic acids is 1. The highest BCUT2D eigenvalue weighted by atomic mass is 16.4. The molecule has 3 N–H and O–H groups in total. The zero-order valence-electron chi connectivity index (χ0n) is 18.2. The normalized spacial score (nSPS) is 14.9. The van der Waals surface area contributed by atoms with Crippen molar-refractivity contribution in [3.8, 4) is 0 Å². The summed E-state index contributed by atoms with van der Waals surface area (Å²) in [7, 11) is 0. The largest absolute Gasteiger partial charge is 0.478 e. The lowest BCUT2D eigenvalue weighted by Crippen LogP contribution is -2.24. The second-order valence-electron chi connectivity index (χ2n) is 7.13. The molecular formula is C25H28N2O4. The fourth-order valence-corrected chi connectivity index (χ4v) is 3.33. The molecule has 1 aliphatic rings. The van der Waals surface area contributed by atoms with E-state index in [-0.39, 0.29) is 17.0 Å². The molecule has 0 radical (unpaired) electrons. The molecule has 0 saturated carbocycles. The summed E-state index contributed by atoms with van der Waals surface area (Å²) in [6.45, 7) is 8.12. The van der Waals surface area contributed by atoms with Gasteiger partial charge < -0.3 is 15.7 Å². The van der Waals surface area contributed by atoms with E-state index in [0.717, 1.165) is 12.1 Å². The van der Waals surface area contributed by atoms with Crippen LogP contribution in [0.15, 0.2) is 72.0 Å². The number of allylic oxidation sites excluding steroid dienone is 3. The minimum Gasteiger partial charge on any atom is -0.478 e. The van der Waals surface area contributed by atoms with Crippen LogP contribution in [0.3, 0.4) is 0 Å². The molecule has 2 aromatic rings. The Morgan fingerprint density at radius 2 is 1.61 bits per heavy atom. The summed E-state index contributed by atoms with van der Waals surface area (Å²) in [6.07, 6.45) is 4.93. The smallest absolute Gasteiger partial charge is 0.336 e. The van der Waals surface area contributed by atoms with Crippen molar-refractivity contribution in [2.24, 2.45) is 5.92 Å². The Kier molecular flexibility index (Phi) is 8.32. The Labute approximate surface area is 182 Å². The van der Waals surface area contributed by atoms with Crippen LogP contribution < -0.4 is 10.6 Å². The Morgan fingerprint density at radius 3 is 2.26 bits per heavy atom. The van der Waals surface area contributed by atoms with Gasteiger partial charge in [-0.05, 0) is 55.7 Å². The van der Waals surface area contributed by atoms with Gasteiger partial charge in [0.2, 0.25) is 0 Å². The standard InChI is InChI=1S/C23H22N2O4.C2H6/c1-14-10-15(2)12-18(11-14)25-21(26)16-6-5-7-17(13-16)24-22(27)19-8-3-4-9-20(19)23(28)29;1-2/h3-9,11-14H,10H2,1-2H3,(H,24,27)(H,25,26)(H,28,29);1-2H3. The summed E-state index contributed by atoms with van der Waals surface area (Å²) in [5, 5.41) is 14.8. The van der Waals surface area contributed by atoms with E-state index in [9.17, 15) is 19.5 Å². The summed E-state index contributed by atoms with van der Waals surface area (Å²) in [4.78, 5) is 36.4. The number of carboxylic acid groups (broad SMARTS) is 1. The molecule has 1 aliphatic carbocycles. The molecule has 1 atom stereocenters. The lowest BCUT2D eigenvalue weighted by atomic mass is 9.95. The highest BCUT2D eigenvalue weighted by Crippen LogP contribution is 2.21. The average molecular weight is 421 g/mol. The van der Waals surface area contributed by atoms with Crippen LogP contribution in [0.5, 0.6) is 0 Å². The maximum Gasteiger partial charge on any atom is 0.336 e. The number of anilines is 1.